The molecule has 0 aliphatic carbocycles. The lowest BCUT2D eigenvalue weighted by molar-refractivity contribution is -0.147. The van der Waals surface area contributed by atoms with Gasteiger partial charge < -0.3 is 34.9 Å². The van der Waals surface area contributed by atoms with Crippen molar-refractivity contribution in [2.24, 2.45) is 0 Å². The van der Waals surface area contributed by atoms with Crippen LogP contribution in [0.2, 0.25) is 0 Å². The van der Waals surface area contributed by atoms with Crippen LogP contribution in [0.1, 0.15) is 25.3 Å². The number of benzene rings is 1. The Morgan fingerprint density at radius 1 is 0.886 bits per heavy atom. The molecule has 1 aromatic carbocycles. The lowest BCUT2D eigenvalue weighted by atomic mass is 10.0. The van der Waals surface area contributed by atoms with E-state index in [1.807, 2.05) is 19.1 Å². The number of ether oxygens (including phenoxy) is 4. The Hall–Kier alpha value is -1.75. The van der Waals surface area contributed by atoms with Gasteiger partial charge in [0.05, 0.1) is 26.9 Å². The van der Waals surface area contributed by atoms with Crippen LogP contribution >= 0.6 is 0 Å². The van der Waals surface area contributed by atoms with Crippen molar-refractivity contribution in [3.63, 3.8) is 0 Å². The van der Waals surface area contributed by atoms with Crippen LogP contribution in [-0.4, -0.2) is 109 Å². The van der Waals surface area contributed by atoms with Crippen molar-refractivity contribution >= 4 is 5.97 Å². The minimum atomic E-state index is -0.227. The molecule has 1 aromatic rings. The van der Waals surface area contributed by atoms with E-state index in [9.17, 15) is 4.79 Å². The van der Waals surface area contributed by atoms with E-state index in [1.165, 1.54) is 12.7 Å². The van der Waals surface area contributed by atoms with Crippen LogP contribution in [0.25, 0.3) is 0 Å². The predicted molar refractivity (Wildman–Crippen MR) is 138 cm³/mol. The van der Waals surface area contributed by atoms with Gasteiger partial charge in [-0.15, -0.1) is 0 Å². The summed E-state index contributed by atoms with van der Waals surface area (Å²) in [5, 5.41) is 10.3. The molecule has 1 heterocycles. The molecular formula is C26H46N4O5. The van der Waals surface area contributed by atoms with E-state index < -0.39 is 0 Å². The summed E-state index contributed by atoms with van der Waals surface area (Å²) in [6.45, 7) is 12.1. The van der Waals surface area contributed by atoms with Crippen LogP contribution in [0.5, 0.6) is 5.75 Å². The largest absolute Gasteiger partial charge is 0.491 e. The van der Waals surface area contributed by atoms with Gasteiger partial charge >= 0.3 is 5.97 Å². The van der Waals surface area contributed by atoms with Crippen molar-refractivity contribution in [3.8, 4) is 5.75 Å². The standard InChI is InChI=1S/C26H46N4O5/c1-3-33-19-20-34-21-22-35-24-9-7-23(8-10-24)5-4-6-25(26(31)32-2)30-17-15-28-13-11-27-12-14-29-16-18-30/h7-10,25,27-29H,3-6,11-22H2,1-2H3. The fraction of sp³-hybridized carbons (Fsp3) is 0.731. The molecule has 9 heteroatoms. The van der Waals surface area contributed by atoms with Crippen LogP contribution in [0.3, 0.4) is 0 Å². The molecule has 9 nitrogen and oxygen atoms in total. The van der Waals surface area contributed by atoms with Gasteiger partial charge in [-0.25, -0.2) is 0 Å². The Balaban J connectivity index is 1.76. The number of aryl methyl sites for hydroxylation is 1. The van der Waals surface area contributed by atoms with Gasteiger partial charge in [0, 0.05) is 59.0 Å². The molecule has 1 fully saturated rings. The molecule has 0 saturated carbocycles. The topological polar surface area (TPSA) is 93.3 Å². The van der Waals surface area contributed by atoms with Gasteiger partial charge in [0.15, 0.2) is 0 Å². The number of hydrogen-bond donors (Lipinski definition) is 3. The highest BCUT2D eigenvalue weighted by Crippen LogP contribution is 2.16. The average Bonchev–Trinajstić information content (AvgIpc) is 2.87. The fourth-order valence-electron chi connectivity index (χ4n) is 4.02. The molecule has 0 amide bonds. The van der Waals surface area contributed by atoms with Crippen molar-refractivity contribution in [1.82, 2.24) is 20.9 Å². The number of rotatable bonds is 14. The maximum absolute atomic E-state index is 12.6. The zero-order valence-electron chi connectivity index (χ0n) is 21.7. The minimum absolute atomic E-state index is 0.147. The van der Waals surface area contributed by atoms with Gasteiger partial charge in [0.2, 0.25) is 0 Å². The van der Waals surface area contributed by atoms with E-state index in [2.05, 4.69) is 33.0 Å². The first-order valence-electron chi connectivity index (χ1n) is 13.1. The first-order chi connectivity index (χ1) is 17.2. The summed E-state index contributed by atoms with van der Waals surface area (Å²) in [6.07, 6.45) is 2.59. The first kappa shape index (κ1) is 29.5. The normalized spacial score (nSPS) is 17.2. The molecule has 1 aliphatic heterocycles. The van der Waals surface area contributed by atoms with Gasteiger partial charge in [-0.2, -0.15) is 0 Å². The van der Waals surface area contributed by atoms with E-state index in [0.29, 0.717) is 33.0 Å². The average molecular weight is 495 g/mol. The second-order valence-corrected chi connectivity index (χ2v) is 8.52. The number of carbonyl (C=O) groups is 1. The number of nitrogens with one attached hydrogen (secondary N) is 3. The van der Waals surface area contributed by atoms with Crippen molar-refractivity contribution in [2.45, 2.75) is 32.2 Å². The molecule has 35 heavy (non-hydrogen) atoms. The lowest BCUT2D eigenvalue weighted by Gasteiger charge is -2.30. The van der Waals surface area contributed by atoms with E-state index in [0.717, 1.165) is 77.4 Å². The molecule has 0 bridgehead atoms. The Labute approximate surface area is 211 Å². The number of carbonyl (C=O) groups excluding carboxylic acids is 1. The van der Waals surface area contributed by atoms with E-state index in [-0.39, 0.29) is 12.0 Å². The van der Waals surface area contributed by atoms with Gasteiger partial charge in [-0.05, 0) is 43.9 Å². The van der Waals surface area contributed by atoms with Crippen LogP contribution in [-0.2, 0) is 25.4 Å². The second kappa shape index (κ2) is 19.4. The van der Waals surface area contributed by atoms with E-state index in [1.54, 1.807) is 0 Å². The molecular weight excluding hydrogens is 448 g/mol. The van der Waals surface area contributed by atoms with Gasteiger partial charge in [0.25, 0.3) is 0 Å². The predicted octanol–water partition coefficient (Wildman–Crippen LogP) is 1.07. The van der Waals surface area contributed by atoms with Crippen LogP contribution in [0.4, 0.5) is 0 Å². The summed E-state index contributed by atoms with van der Waals surface area (Å²) in [5.74, 6) is 0.690. The highest BCUT2D eigenvalue weighted by molar-refractivity contribution is 5.75. The van der Waals surface area contributed by atoms with Crippen molar-refractivity contribution in [2.75, 3.05) is 92.5 Å². The quantitative estimate of drug-likeness (QED) is 0.259. The Kier molecular flexibility index (Phi) is 16.4. The van der Waals surface area contributed by atoms with Gasteiger partial charge in [-0.1, -0.05) is 12.1 Å². The van der Waals surface area contributed by atoms with Crippen molar-refractivity contribution in [1.29, 1.82) is 0 Å². The number of methoxy groups -OCH3 is 1. The van der Waals surface area contributed by atoms with Crippen molar-refractivity contribution in [3.05, 3.63) is 29.8 Å². The zero-order chi connectivity index (χ0) is 25.0. The molecule has 1 atom stereocenters. The smallest absolute Gasteiger partial charge is 0.323 e. The number of nitrogens with zero attached hydrogens (tertiary/aromatic N) is 1. The van der Waals surface area contributed by atoms with Crippen LogP contribution in [0, 0.1) is 0 Å². The summed E-state index contributed by atoms with van der Waals surface area (Å²) >= 11 is 0. The van der Waals surface area contributed by atoms with Crippen molar-refractivity contribution < 1.29 is 23.7 Å². The Morgan fingerprint density at radius 3 is 2.11 bits per heavy atom. The van der Waals surface area contributed by atoms with Crippen LogP contribution in [0.15, 0.2) is 24.3 Å². The number of hydrogen-bond acceptors (Lipinski definition) is 9. The lowest BCUT2D eigenvalue weighted by Crippen LogP contribution is -2.49. The molecule has 2 rings (SSSR count). The third-order valence-corrected chi connectivity index (χ3v) is 5.96. The third-order valence-electron chi connectivity index (χ3n) is 5.96. The van der Waals surface area contributed by atoms with E-state index >= 15 is 0 Å². The summed E-state index contributed by atoms with van der Waals surface area (Å²) in [6, 6.07) is 7.95. The monoisotopic (exact) mass is 494 g/mol. The summed E-state index contributed by atoms with van der Waals surface area (Å²) in [7, 11) is 1.48. The second-order valence-electron chi connectivity index (χ2n) is 8.52. The Morgan fingerprint density at radius 2 is 1.49 bits per heavy atom. The first-order valence-corrected chi connectivity index (χ1v) is 13.1. The molecule has 0 radical (unpaired) electrons. The number of esters is 1. The highest BCUT2D eigenvalue weighted by atomic mass is 16.5. The van der Waals surface area contributed by atoms with Gasteiger partial charge in [0.1, 0.15) is 18.4 Å². The minimum Gasteiger partial charge on any atom is -0.491 e. The summed E-state index contributed by atoms with van der Waals surface area (Å²) in [5.41, 5.74) is 1.23. The summed E-state index contributed by atoms with van der Waals surface area (Å²) < 4.78 is 21.6. The third kappa shape index (κ3) is 13.2. The van der Waals surface area contributed by atoms with Gasteiger partial charge in [-0.3, -0.25) is 9.69 Å². The zero-order valence-corrected chi connectivity index (χ0v) is 21.7. The maximum Gasteiger partial charge on any atom is 0.323 e. The molecule has 1 saturated heterocycles. The molecule has 0 spiro atoms. The molecule has 0 aromatic heterocycles. The fourth-order valence-corrected chi connectivity index (χ4v) is 4.02. The van der Waals surface area contributed by atoms with E-state index in [4.69, 9.17) is 18.9 Å². The van der Waals surface area contributed by atoms with Crippen LogP contribution < -0.4 is 20.7 Å². The maximum atomic E-state index is 12.6. The Bertz CT molecular complexity index is 650. The molecule has 3 N–H and O–H groups in total. The molecule has 200 valence electrons. The molecule has 1 unspecified atom stereocenters. The summed E-state index contributed by atoms with van der Waals surface area (Å²) in [4.78, 5) is 14.9. The highest BCUT2D eigenvalue weighted by Gasteiger charge is 2.26. The molecule has 1 aliphatic rings. The SMILES string of the molecule is CCOCCOCCOc1ccc(CCCC(C(=O)OC)N2CCNCCNCCNCC2)cc1.